The van der Waals surface area contributed by atoms with E-state index in [2.05, 4.69) is 5.32 Å². The molecule has 26 heavy (non-hydrogen) atoms. The van der Waals surface area contributed by atoms with E-state index in [1.54, 1.807) is 26.0 Å². The Morgan fingerprint density at radius 3 is 2.12 bits per heavy atom. The van der Waals surface area contributed by atoms with Gasteiger partial charge >= 0.3 is 0 Å². The summed E-state index contributed by atoms with van der Waals surface area (Å²) in [6, 6.07) is 5.72. The molecule has 3 nitrogen and oxygen atoms in total. The zero-order valence-electron chi connectivity index (χ0n) is 13.9. The Morgan fingerprint density at radius 2 is 1.54 bits per heavy atom. The van der Waals surface area contributed by atoms with Gasteiger partial charge in [0.2, 0.25) is 5.82 Å². The van der Waals surface area contributed by atoms with E-state index in [0.717, 1.165) is 4.90 Å². The number of nitrogens with one attached hydrogen (secondary N) is 1. The van der Waals surface area contributed by atoms with Gasteiger partial charge in [-0.1, -0.05) is 19.1 Å². The molecule has 138 valence electrons. The second-order valence-electron chi connectivity index (χ2n) is 6.05. The highest BCUT2D eigenvalue weighted by Crippen LogP contribution is 2.38. The number of benzene rings is 2. The molecule has 0 bridgehead atoms. The summed E-state index contributed by atoms with van der Waals surface area (Å²) >= 11 is 0. The number of hydrogen-bond acceptors (Lipinski definition) is 2. The minimum atomic E-state index is -2.23. The van der Waals surface area contributed by atoms with Gasteiger partial charge in [0.15, 0.2) is 23.3 Å². The predicted octanol–water partition coefficient (Wildman–Crippen LogP) is 4.75. The first-order valence-corrected chi connectivity index (χ1v) is 7.99. The lowest BCUT2D eigenvalue weighted by Crippen LogP contribution is -2.48. The molecule has 0 spiro atoms. The third-order valence-corrected chi connectivity index (χ3v) is 4.55. The maximum atomic E-state index is 14.3. The van der Waals surface area contributed by atoms with Crippen molar-refractivity contribution in [1.29, 1.82) is 0 Å². The molecule has 8 heteroatoms. The smallest absolute Gasteiger partial charge is 0.258 e. The van der Waals surface area contributed by atoms with Gasteiger partial charge in [0.05, 0.1) is 11.1 Å². The number of carbonyl (C=O) groups is 1. The van der Waals surface area contributed by atoms with Crippen molar-refractivity contribution in [3.63, 3.8) is 0 Å². The van der Waals surface area contributed by atoms with Gasteiger partial charge in [-0.2, -0.15) is 0 Å². The summed E-state index contributed by atoms with van der Waals surface area (Å²) in [5.74, 6) is -10.8. The quantitative estimate of drug-likeness (QED) is 0.481. The van der Waals surface area contributed by atoms with Gasteiger partial charge in [0, 0.05) is 11.7 Å². The van der Waals surface area contributed by atoms with Gasteiger partial charge in [0.1, 0.15) is 6.17 Å². The minimum absolute atomic E-state index is 0.256. The van der Waals surface area contributed by atoms with Crippen LogP contribution in [0.4, 0.5) is 27.6 Å². The summed E-state index contributed by atoms with van der Waals surface area (Å²) in [4.78, 5) is 13.9. The first-order chi connectivity index (χ1) is 12.3. The molecule has 3 rings (SSSR count). The van der Waals surface area contributed by atoms with Crippen molar-refractivity contribution in [2.24, 2.45) is 0 Å². The van der Waals surface area contributed by atoms with Crippen molar-refractivity contribution in [3.8, 4) is 0 Å². The molecule has 1 amide bonds. The Balaban J connectivity index is 2.25. The summed E-state index contributed by atoms with van der Waals surface area (Å²) in [5, 5.41) is 2.73. The molecule has 1 N–H and O–H groups in total. The lowest BCUT2D eigenvalue weighted by molar-refractivity contribution is 0.0583. The van der Waals surface area contributed by atoms with E-state index in [1.807, 2.05) is 0 Å². The third-order valence-electron chi connectivity index (χ3n) is 4.55. The van der Waals surface area contributed by atoms with E-state index in [9.17, 15) is 26.7 Å². The van der Waals surface area contributed by atoms with Crippen molar-refractivity contribution in [2.45, 2.75) is 32.5 Å². The molecule has 2 aromatic carbocycles. The zero-order chi connectivity index (χ0) is 19.2. The molecule has 0 fully saturated rings. The SMILES string of the molecule is CC[C@@H](C)N1C(=O)c2ccccc2N[C@@H]1c1c(F)c(F)c(F)c(F)c1F. The lowest BCUT2D eigenvalue weighted by Gasteiger charge is -2.41. The number of anilines is 1. The topological polar surface area (TPSA) is 32.3 Å². The largest absolute Gasteiger partial charge is 0.361 e. The van der Waals surface area contributed by atoms with Gasteiger partial charge in [-0.05, 0) is 25.5 Å². The predicted molar refractivity (Wildman–Crippen MR) is 85.0 cm³/mol. The van der Waals surface area contributed by atoms with Gasteiger partial charge in [0.25, 0.3) is 5.91 Å². The number of nitrogens with zero attached hydrogens (tertiary/aromatic N) is 1. The second kappa shape index (κ2) is 6.59. The monoisotopic (exact) mass is 370 g/mol. The van der Waals surface area contributed by atoms with E-state index in [0.29, 0.717) is 6.42 Å². The molecular weight excluding hydrogens is 355 g/mol. The van der Waals surface area contributed by atoms with Crippen molar-refractivity contribution in [1.82, 2.24) is 4.90 Å². The fourth-order valence-electron chi connectivity index (χ4n) is 2.99. The molecule has 0 aromatic heterocycles. The van der Waals surface area contributed by atoms with Crippen LogP contribution in [-0.4, -0.2) is 16.8 Å². The van der Waals surface area contributed by atoms with E-state index < -0.39 is 52.8 Å². The molecule has 0 radical (unpaired) electrons. The second-order valence-corrected chi connectivity index (χ2v) is 6.05. The Morgan fingerprint density at radius 1 is 1.00 bits per heavy atom. The molecule has 0 saturated carbocycles. The van der Waals surface area contributed by atoms with E-state index >= 15 is 0 Å². The normalized spacial score (nSPS) is 17.7. The fraction of sp³-hybridized carbons (Fsp3) is 0.278. The highest BCUT2D eigenvalue weighted by molar-refractivity contribution is 6.01. The van der Waals surface area contributed by atoms with Gasteiger partial charge in [-0.15, -0.1) is 0 Å². The Kier molecular flexibility index (Phi) is 4.60. The van der Waals surface area contributed by atoms with E-state index in [4.69, 9.17) is 0 Å². The molecule has 1 heterocycles. The maximum absolute atomic E-state index is 14.3. The van der Waals surface area contributed by atoms with Crippen LogP contribution < -0.4 is 5.32 Å². The summed E-state index contributed by atoms with van der Waals surface area (Å²) in [7, 11) is 0. The van der Waals surface area contributed by atoms with E-state index in [1.165, 1.54) is 12.1 Å². The Hall–Kier alpha value is -2.64. The molecule has 2 atom stereocenters. The number of carbonyl (C=O) groups excluding carboxylic acids is 1. The van der Waals surface area contributed by atoms with Crippen LogP contribution in [0, 0.1) is 29.1 Å². The van der Waals surface area contributed by atoms with Crippen molar-refractivity contribution in [3.05, 3.63) is 64.5 Å². The van der Waals surface area contributed by atoms with Crippen molar-refractivity contribution in [2.75, 3.05) is 5.32 Å². The number of para-hydroxylation sites is 1. The van der Waals surface area contributed by atoms with Crippen LogP contribution >= 0.6 is 0 Å². The Labute approximate surface area is 146 Å². The maximum Gasteiger partial charge on any atom is 0.258 e. The van der Waals surface area contributed by atoms with Gasteiger partial charge in [-0.25, -0.2) is 22.0 Å². The fourth-order valence-corrected chi connectivity index (χ4v) is 2.99. The van der Waals surface area contributed by atoms with Crippen LogP contribution in [-0.2, 0) is 0 Å². The first kappa shape index (κ1) is 18.2. The summed E-state index contributed by atoms with van der Waals surface area (Å²) in [5.41, 5.74) is -0.566. The average Bonchev–Trinajstić information content (AvgIpc) is 2.64. The Bertz CT molecular complexity index is 857. The molecule has 1 aliphatic heterocycles. The highest BCUT2D eigenvalue weighted by atomic mass is 19.2. The van der Waals surface area contributed by atoms with Crippen LogP contribution in [0.2, 0.25) is 0 Å². The minimum Gasteiger partial charge on any atom is -0.361 e. The van der Waals surface area contributed by atoms with Crippen LogP contribution in [0.25, 0.3) is 0 Å². The number of fused-ring (bicyclic) bond motifs is 1. The molecular formula is C18H15F5N2O. The molecule has 0 unspecified atom stereocenters. The number of amides is 1. The third kappa shape index (κ3) is 2.60. The van der Waals surface area contributed by atoms with Crippen molar-refractivity contribution >= 4 is 11.6 Å². The molecule has 1 aliphatic rings. The molecule has 0 saturated heterocycles. The van der Waals surface area contributed by atoms with Crippen LogP contribution in [0.5, 0.6) is 0 Å². The van der Waals surface area contributed by atoms with Crippen LogP contribution in [0.1, 0.15) is 42.4 Å². The van der Waals surface area contributed by atoms with Crippen LogP contribution in [0.15, 0.2) is 24.3 Å². The molecule has 0 aliphatic carbocycles. The standard InChI is InChI=1S/C18H15F5N2O/c1-3-8(2)25-17(24-10-7-5-4-6-9(10)18(25)26)11-12(19)14(21)16(23)15(22)13(11)20/h4-8,17,24H,3H2,1-2H3/t8-,17+/m1/s1. The summed E-state index contributed by atoms with van der Waals surface area (Å²) in [6.07, 6.45) is -1.11. The molecule has 2 aromatic rings. The zero-order valence-corrected chi connectivity index (χ0v) is 13.9. The highest BCUT2D eigenvalue weighted by Gasteiger charge is 2.40. The van der Waals surface area contributed by atoms with Gasteiger partial charge < -0.3 is 10.2 Å². The number of rotatable bonds is 3. The van der Waals surface area contributed by atoms with E-state index in [-0.39, 0.29) is 11.3 Å². The number of halogens is 5. The lowest BCUT2D eigenvalue weighted by atomic mass is 9.99. The first-order valence-electron chi connectivity index (χ1n) is 7.99. The van der Waals surface area contributed by atoms with Crippen LogP contribution in [0.3, 0.4) is 0 Å². The van der Waals surface area contributed by atoms with Gasteiger partial charge in [-0.3, -0.25) is 4.79 Å². The average molecular weight is 370 g/mol. The van der Waals surface area contributed by atoms with Crippen molar-refractivity contribution < 1.29 is 26.7 Å². The summed E-state index contributed by atoms with van der Waals surface area (Å²) < 4.78 is 69.4. The number of hydrogen-bond donors (Lipinski definition) is 1. The summed E-state index contributed by atoms with van der Waals surface area (Å²) in [6.45, 7) is 3.38.